The molecule has 0 aliphatic heterocycles. The summed E-state index contributed by atoms with van der Waals surface area (Å²) in [4.78, 5) is 0. The SMILES string of the molecule is CC(O)COc1ccc2c(Cl)c(OCC(C)O)ccc2c1. The Kier molecular flexibility index (Phi) is 5.28. The predicted molar refractivity (Wildman–Crippen MR) is 83.3 cm³/mol. The summed E-state index contributed by atoms with van der Waals surface area (Å²) in [7, 11) is 0. The first kappa shape index (κ1) is 15.9. The van der Waals surface area contributed by atoms with E-state index in [-0.39, 0.29) is 13.2 Å². The maximum absolute atomic E-state index is 9.25. The Bertz CT molecular complexity index is 610. The van der Waals surface area contributed by atoms with Crippen molar-refractivity contribution in [2.24, 2.45) is 0 Å². The molecule has 0 aliphatic carbocycles. The van der Waals surface area contributed by atoms with Gasteiger partial charge in [-0.1, -0.05) is 17.7 Å². The van der Waals surface area contributed by atoms with Crippen LogP contribution >= 0.6 is 11.6 Å². The van der Waals surface area contributed by atoms with Gasteiger partial charge in [0.15, 0.2) is 0 Å². The second-order valence-electron chi connectivity index (χ2n) is 5.08. The molecule has 0 saturated heterocycles. The molecule has 0 radical (unpaired) electrons. The minimum atomic E-state index is -0.548. The lowest BCUT2D eigenvalue weighted by molar-refractivity contribution is 0.122. The number of ether oxygens (including phenoxy) is 2. The third-order valence-corrected chi connectivity index (χ3v) is 3.25. The smallest absolute Gasteiger partial charge is 0.138 e. The average Bonchev–Trinajstić information content (AvgIpc) is 2.44. The van der Waals surface area contributed by atoms with Gasteiger partial charge >= 0.3 is 0 Å². The Morgan fingerprint density at radius 1 is 1.00 bits per heavy atom. The summed E-state index contributed by atoms with van der Waals surface area (Å²) in [5.74, 6) is 1.22. The Labute approximate surface area is 128 Å². The van der Waals surface area contributed by atoms with Crippen LogP contribution in [0.2, 0.25) is 5.02 Å². The molecule has 5 heteroatoms. The van der Waals surface area contributed by atoms with Crippen molar-refractivity contribution in [2.75, 3.05) is 13.2 Å². The molecule has 4 nitrogen and oxygen atoms in total. The van der Waals surface area contributed by atoms with Crippen LogP contribution in [0.15, 0.2) is 30.3 Å². The molecule has 2 rings (SSSR count). The number of rotatable bonds is 6. The number of aliphatic hydroxyl groups excluding tert-OH is 2. The van der Waals surface area contributed by atoms with Gasteiger partial charge in [0.2, 0.25) is 0 Å². The molecule has 0 aromatic heterocycles. The van der Waals surface area contributed by atoms with Gasteiger partial charge < -0.3 is 19.7 Å². The molecule has 0 spiro atoms. The van der Waals surface area contributed by atoms with Gasteiger partial charge in [-0.25, -0.2) is 0 Å². The number of benzene rings is 2. The maximum Gasteiger partial charge on any atom is 0.138 e. The number of hydrogen-bond acceptors (Lipinski definition) is 4. The molecule has 2 unspecified atom stereocenters. The number of halogens is 1. The topological polar surface area (TPSA) is 58.9 Å². The molecular formula is C16H19ClO4. The lowest BCUT2D eigenvalue weighted by Gasteiger charge is -2.13. The first-order chi connectivity index (χ1) is 9.97. The summed E-state index contributed by atoms with van der Waals surface area (Å²) >= 11 is 6.32. The van der Waals surface area contributed by atoms with E-state index in [9.17, 15) is 10.2 Å². The summed E-state index contributed by atoms with van der Waals surface area (Å²) < 4.78 is 10.9. The molecule has 0 bridgehead atoms. The number of fused-ring (bicyclic) bond motifs is 1. The predicted octanol–water partition coefficient (Wildman–Crippen LogP) is 3.01. The first-order valence-corrected chi connectivity index (χ1v) is 7.19. The van der Waals surface area contributed by atoms with Gasteiger partial charge in [-0.15, -0.1) is 0 Å². The zero-order valence-corrected chi connectivity index (χ0v) is 12.8. The third-order valence-electron chi connectivity index (χ3n) is 2.86. The fourth-order valence-electron chi connectivity index (χ4n) is 1.88. The highest BCUT2D eigenvalue weighted by atomic mass is 35.5. The Morgan fingerprint density at radius 2 is 1.67 bits per heavy atom. The summed E-state index contributed by atoms with van der Waals surface area (Å²) in [6, 6.07) is 9.17. The number of aliphatic hydroxyl groups is 2. The molecule has 21 heavy (non-hydrogen) atoms. The van der Waals surface area contributed by atoms with E-state index in [1.165, 1.54) is 0 Å². The summed E-state index contributed by atoms with van der Waals surface area (Å²) in [5, 5.41) is 20.8. The van der Waals surface area contributed by atoms with E-state index in [4.69, 9.17) is 21.1 Å². The summed E-state index contributed by atoms with van der Waals surface area (Å²) in [6.07, 6.45) is -1.06. The minimum Gasteiger partial charge on any atom is -0.491 e. The molecule has 114 valence electrons. The highest BCUT2D eigenvalue weighted by Crippen LogP contribution is 2.34. The van der Waals surface area contributed by atoms with Crippen molar-refractivity contribution in [3.63, 3.8) is 0 Å². The normalized spacial score (nSPS) is 14.0. The van der Waals surface area contributed by atoms with E-state index in [0.29, 0.717) is 16.5 Å². The summed E-state index contributed by atoms with van der Waals surface area (Å²) in [5.41, 5.74) is 0. The van der Waals surface area contributed by atoms with Crippen LogP contribution in [0.25, 0.3) is 10.8 Å². The molecular weight excluding hydrogens is 292 g/mol. The van der Waals surface area contributed by atoms with Gasteiger partial charge in [-0.2, -0.15) is 0 Å². The molecule has 2 aromatic carbocycles. The monoisotopic (exact) mass is 310 g/mol. The highest BCUT2D eigenvalue weighted by molar-refractivity contribution is 6.37. The zero-order valence-electron chi connectivity index (χ0n) is 12.0. The van der Waals surface area contributed by atoms with Gasteiger partial charge in [-0.3, -0.25) is 0 Å². The number of hydrogen-bond donors (Lipinski definition) is 2. The molecule has 0 heterocycles. The summed E-state index contributed by atoms with van der Waals surface area (Å²) in [6.45, 7) is 3.76. The van der Waals surface area contributed by atoms with Crippen LogP contribution in [0, 0.1) is 0 Å². The van der Waals surface area contributed by atoms with Crippen LogP contribution in [-0.4, -0.2) is 35.6 Å². The molecule has 0 aliphatic rings. The zero-order chi connectivity index (χ0) is 15.4. The van der Waals surface area contributed by atoms with E-state index in [1.54, 1.807) is 26.0 Å². The first-order valence-electron chi connectivity index (χ1n) is 6.81. The van der Waals surface area contributed by atoms with Crippen molar-refractivity contribution in [2.45, 2.75) is 26.1 Å². The largest absolute Gasteiger partial charge is 0.491 e. The van der Waals surface area contributed by atoms with Gasteiger partial charge in [-0.05, 0) is 43.5 Å². The quantitative estimate of drug-likeness (QED) is 0.861. The van der Waals surface area contributed by atoms with E-state index in [1.807, 2.05) is 18.2 Å². The van der Waals surface area contributed by atoms with Gasteiger partial charge in [0.1, 0.15) is 24.7 Å². The van der Waals surface area contributed by atoms with E-state index < -0.39 is 12.2 Å². The highest BCUT2D eigenvalue weighted by Gasteiger charge is 2.09. The van der Waals surface area contributed by atoms with Crippen molar-refractivity contribution >= 4 is 22.4 Å². The van der Waals surface area contributed by atoms with Gasteiger partial charge in [0, 0.05) is 5.39 Å². The lowest BCUT2D eigenvalue weighted by atomic mass is 10.1. The molecule has 2 aromatic rings. The lowest BCUT2D eigenvalue weighted by Crippen LogP contribution is -2.13. The minimum absolute atomic E-state index is 0.195. The van der Waals surface area contributed by atoms with Crippen molar-refractivity contribution in [3.8, 4) is 11.5 Å². The van der Waals surface area contributed by atoms with E-state index >= 15 is 0 Å². The molecule has 0 fully saturated rings. The fourth-order valence-corrected chi connectivity index (χ4v) is 2.17. The average molecular weight is 311 g/mol. The Hall–Kier alpha value is -1.49. The molecule has 0 saturated carbocycles. The van der Waals surface area contributed by atoms with Crippen LogP contribution in [0.1, 0.15) is 13.8 Å². The fraction of sp³-hybridized carbons (Fsp3) is 0.375. The van der Waals surface area contributed by atoms with E-state index in [2.05, 4.69) is 0 Å². The second kappa shape index (κ2) is 6.98. The standard InChI is InChI=1S/C16H19ClO4/c1-10(18)8-20-13-4-5-14-12(7-13)3-6-15(16(14)17)21-9-11(2)19/h3-7,10-11,18-19H,8-9H2,1-2H3. The van der Waals surface area contributed by atoms with Crippen LogP contribution in [-0.2, 0) is 0 Å². The molecule has 2 N–H and O–H groups in total. The Balaban J connectivity index is 2.23. The maximum atomic E-state index is 9.25. The van der Waals surface area contributed by atoms with Crippen molar-refractivity contribution in [1.82, 2.24) is 0 Å². The van der Waals surface area contributed by atoms with Crippen LogP contribution in [0.4, 0.5) is 0 Å². The third kappa shape index (κ3) is 4.24. The molecule has 0 amide bonds. The Morgan fingerprint density at radius 3 is 2.33 bits per heavy atom. The second-order valence-corrected chi connectivity index (χ2v) is 5.46. The van der Waals surface area contributed by atoms with Crippen LogP contribution in [0.5, 0.6) is 11.5 Å². The van der Waals surface area contributed by atoms with Crippen molar-refractivity contribution < 1.29 is 19.7 Å². The van der Waals surface area contributed by atoms with E-state index in [0.717, 1.165) is 10.8 Å². The van der Waals surface area contributed by atoms with Crippen molar-refractivity contribution in [3.05, 3.63) is 35.4 Å². The molecule has 2 atom stereocenters. The van der Waals surface area contributed by atoms with Gasteiger partial charge in [0.25, 0.3) is 0 Å². The van der Waals surface area contributed by atoms with Crippen LogP contribution in [0.3, 0.4) is 0 Å². The van der Waals surface area contributed by atoms with Crippen molar-refractivity contribution in [1.29, 1.82) is 0 Å². The van der Waals surface area contributed by atoms with Gasteiger partial charge in [0.05, 0.1) is 17.2 Å². The van der Waals surface area contributed by atoms with Crippen LogP contribution < -0.4 is 9.47 Å².